The van der Waals surface area contributed by atoms with Crippen LogP contribution in [0.3, 0.4) is 0 Å². The Morgan fingerprint density at radius 3 is 2.13 bits per heavy atom. The number of hydrogen-bond acceptors (Lipinski definition) is 12. The van der Waals surface area contributed by atoms with E-state index in [-0.39, 0.29) is 65.1 Å². The summed E-state index contributed by atoms with van der Waals surface area (Å²) < 4.78 is 15.9. The number of carbonyl (C=O) groups excluding carboxylic acids is 3. The van der Waals surface area contributed by atoms with E-state index in [1.54, 1.807) is 11.0 Å². The molecule has 1 amide bonds. The maximum absolute atomic E-state index is 11.9. The van der Waals surface area contributed by atoms with Gasteiger partial charge in [0.2, 0.25) is 5.91 Å². The molecule has 3 N–H and O–H groups in total. The average molecular weight is 595 g/mol. The maximum atomic E-state index is 11.9. The summed E-state index contributed by atoms with van der Waals surface area (Å²) in [5.74, 6) is -0.971. The van der Waals surface area contributed by atoms with Crippen LogP contribution in [0.5, 0.6) is 5.75 Å². The summed E-state index contributed by atoms with van der Waals surface area (Å²) in [6.45, 7) is 4.43. The average Bonchev–Trinajstić information content (AvgIpc) is 2.82. The Labute approximate surface area is 226 Å². The van der Waals surface area contributed by atoms with Gasteiger partial charge in [0.25, 0.3) is 5.69 Å². The van der Waals surface area contributed by atoms with Crippen molar-refractivity contribution >= 4 is 67.9 Å². The first kappa shape index (κ1) is 30.0. The van der Waals surface area contributed by atoms with Gasteiger partial charge in [-0.2, -0.15) is 0 Å². The Morgan fingerprint density at radius 2 is 1.66 bits per heavy atom. The van der Waals surface area contributed by atoms with Gasteiger partial charge in [0, 0.05) is 39.0 Å². The third-order valence-corrected chi connectivity index (χ3v) is 5.43. The van der Waals surface area contributed by atoms with Gasteiger partial charge >= 0.3 is 11.9 Å². The molecule has 0 aliphatic rings. The van der Waals surface area contributed by atoms with Crippen LogP contribution in [0.15, 0.2) is 39.0 Å². The lowest BCUT2D eigenvalue weighted by atomic mass is 10.2. The number of carbonyl (C=O) groups is 3. The van der Waals surface area contributed by atoms with Gasteiger partial charge < -0.3 is 30.2 Å². The summed E-state index contributed by atoms with van der Waals surface area (Å²) in [7, 11) is 1.43. The summed E-state index contributed by atoms with van der Waals surface area (Å²) in [5, 5.41) is 22.1. The van der Waals surface area contributed by atoms with Crippen molar-refractivity contribution in [2.45, 2.75) is 20.8 Å². The molecule has 38 heavy (non-hydrogen) atoms. The van der Waals surface area contributed by atoms with Crippen LogP contribution in [0.2, 0.25) is 0 Å². The van der Waals surface area contributed by atoms with E-state index in [0.29, 0.717) is 11.4 Å². The topological polar surface area (TPSA) is 188 Å². The van der Waals surface area contributed by atoms with Gasteiger partial charge in [0.05, 0.1) is 46.7 Å². The summed E-state index contributed by atoms with van der Waals surface area (Å²) in [5.41, 5.74) is 6.83. The molecule has 0 radical (unpaired) electrons. The van der Waals surface area contributed by atoms with E-state index in [1.807, 2.05) is 0 Å². The number of nitro benzene ring substituents is 1. The van der Waals surface area contributed by atoms with Crippen LogP contribution in [-0.2, 0) is 23.9 Å². The van der Waals surface area contributed by atoms with Gasteiger partial charge in [-0.1, -0.05) is 0 Å². The number of amides is 1. The number of anilines is 3. The van der Waals surface area contributed by atoms with Crippen molar-refractivity contribution in [1.82, 2.24) is 0 Å². The van der Waals surface area contributed by atoms with Crippen molar-refractivity contribution in [2.24, 2.45) is 10.2 Å². The molecular weight excluding hydrogens is 568 g/mol. The fourth-order valence-electron chi connectivity index (χ4n) is 3.21. The van der Waals surface area contributed by atoms with Crippen LogP contribution >= 0.6 is 15.9 Å². The zero-order valence-electron chi connectivity index (χ0n) is 21.1. The quantitative estimate of drug-likeness (QED) is 0.118. The molecule has 0 bridgehead atoms. The van der Waals surface area contributed by atoms with E-state index in [4.69, 9.17) is 19.9 Å². The number of nitrogens with two attached hydrogens (primary N) is 1. The highest BCUT2D eigenvalue weighted by Crippen LogP contribution is 2.41. The second kappa shape index (κ2) is 13.9. The van der Waals surface area contributed by atoms with E-state index in [1.165, 1.54) is 40.0 Å². The van der Waals surface area contributed by atoms with Crippen LogP contribution in [0.25, 0.3) is 0 Å². The number of nitrogens with one attached hydrogen (secondary N) is 1. The summed E-state index contributed by atoms with van der Waals surface area (Å²) >= 11 is 3.21. The minimum absolute atomic E-state index is 0.0154. The lowest BCUT2D eigenvalue weighted by Gasteiger charge is -2.27. The maximum Gasteiger partial charge on any atom is 0.302 e. The fraction of sp³-hybridized carbons (Fsp3) is 0.348. The number of halogens is 1. The second-order valence-electron chi connectivity index (χ2n) is 7.71. The molecule has 2 aromatic rings. The van der Waals surface area contributed by atoms with Crippen LogP contribution in [0.1, 0.15) is 20.8 Å². The van der Waals surface area contributed by atoms with Crippen LogP contribution in [0.4, 0.5) is 34.1 Å². The minimum atomic E-state index is -0.588. The molecule has 0 unspecified atom stereocenters. The standard InChI is InChI=1S/C23H27BrN6O8/c1-13(31)26-19-11-21(29(5-7-37-14(2)32)6-8-38-15(3)33)22(36-4)12-20(19)27-28-23-17(24)9-16(30(34)35)10-18(23)25/h9-12H,5-8,25H2,1-4H3,(H,26,31). The monoisotopic (exact) mass is 594 g/mol. The van der Waals surface area contributed by atoms with Crippen molar-refractivity contribution < 1.29 is 33.5 Å². The van der Waals surface area contributed by atoms with Crippen molar-refractivity contribution in [3.8, 4) is 5.75 Å². The number of rotatable bonds is 12. The summed E-state index contributed by atoms with van der Waals surface area (Å²) in [6.07, 6.45) is 0. The van der Waals surface area contributed by atoms with Gasteiger partial charge in [0.1, 0.15) is 30.3 Å². The smallest absolute Gasteiger partial charge is 0.302 e. The number of benzene rings is 2. The second-order valence-corrected chi connectivity index (χ2v) is 8.57. The number of esters is 2. The van der Waals surface area contributed by atoms with Crippen molar-refractivity contribution in [3.05, 3.63) is 38.9 Å². The molecular formula is C23H27BrN6O8. The molecule has 0 heterocycles. The normalized spacial score (nSPS) is 10.7. The highest BCUT2D eigenvalue weighted by atomic mass is 79.9. The third-order valence-electron chi connectivity index (χ3n) is 4.83. The summed E-state index contributed by atoms with van der Waals surface area (Å²) in [6, 6.07) is 5.50. The predicted octanol–water partition coefficient (Wildman–Crippen LogP) is 4.25. The van der Waals surface area contributed by atoms with E-state index in [2.05, 4.69) is 31.5 Å². The molecule has 0 atom stereocenters. The van der Waals surface area contributed by atoms with Crippen molar-refractivity contribution in [3.63, 3.8) is 0 Å². The SMILES string of the molecule is COc1cc(N=Nc2c(N)cc([N+](=O)[O-])cc2Br)c(NC(C)=O)cc1N(CCOC(C)=O)CCOC(C)=O. The molecule has 0 aliphatic heterocycles. The highest BCUT2D eigenvalue weighted by molar-refractivity contribution is 9.10. The van der Waals surface area contributed by atoms with Gasteiger partial charge in [-0.25, -0.2) is 0 Å². The number of methoxy groups -OCH3 is 1. The Hall–Kier alpha value is -4.27. The fourth-order valence-corrected chi connectivity index (χ4v) is 3.76. The Morgan fingerprint density at radius 1 is 1.05 bits per heavy atom. The molecule has 0 fully saturated rings. The lowest BCUT2D eigenvalue weighted by Crippen LogP contribution is -2.32. The number of nitrogens with zero attached hydrogens (tertiary/aromatic N) is 4. The number of non-ortho nitro benzene ring substituents is 1. The predicted molar refractivity (Wildman–Crippen MR) is 142 cm³/mol. The van der Waals surface area contributed by atoms with Crippen LogP contribution in [-0.4, -0.2) is 56.2 Å². The first-order valence-corrected chi connectivity index (χ1v) is 11.9. The molecule has 0 saturated carbocycles. The third kappa shape index (κ3) is 8.69. The minimum Gasteiger partial charge on any atom is -0.494 e. The number of nitrogen functional groups attached to an aromatic ring is 1. The number of ether oxygens (including phenoxy) is 3. The zero-order valence-corrected chi connectivity index (χ0v) is 22.7. The molecule has 14 nitrogen and oxygen atoms in total. The van der Waals surface area contributed by atoms with Crippen LogP contribution in [0, 0.1) is 10.1 Å². The van der Waals surface area contributed by atoms with E-state index >= 15 is 0 Å². The molecule has 2 aromatic carbocycles. The first-order valence-electron chi connectivity index (χ1n) is 11.1. The number of azo groups is 1. The van der Waals surface area contributed by atoms with Crippen molar-refractivity contribution in [2.75, 3.05) is 49.4 Å². The zero-order chi connectivity index (χ0) is 28.4. The molecule has 2 rings (SSSR count). The largest absolute Gasteiger partial charge is 0.494 e. The molecule has 204 valence electrons. The lowest BCUT2D eigenvalue weighted by molar-refractivity contribution is -0.384. The summed E-state index contributed by atoms with van der Waals surface area (Å²) in [4.78, 5) is 46.7. The van der Waals surface area contributed by atoms with Gasteiger partial charge in [-0.05, 0) is 22.0 Å². The Balaban J connectivity index is 2.53. The number of nitro groups is 1. The van der Waals surface area contributed by atoms with E-state index in [9.17, 15) is 24.5 Å². The van der Waals surface area contributed by atoms with E-state index in [0.717, 1.165) is 6.07 Å². The molecule has 15 heteroatoms. The molecule has 0 aromatic heterocycles. The van der Waals surface area contributed by atoms with Crippen molar-refractivity contribution in [1.29, 1.82) is 0 Å². The highest BCUT2D eigenvalue weighted by Gasteiger charge is 2.19. The van der Waals surface area contributed by atoms with Gasteiger partial charge in [-0.15, -0.1) is 10.2 Å². The van der Waals surface area contributed by atoms with Crippen LogP contribution < -0.4 is 20.7 Å². The molecule has 0 spiro atoms. The first-order chi connectivity index (χ1) is 17.9. The number of hydrogen-bond donors (Lipinski definition) is 2. The van der Waals surface area contributed by atoms with Gasteiger partial charge in [0.15, 0.2) is 0 Å². The molecule has 0 saturated heterocycles. The molecule has 0 aliphatic carbocycles. The van der Waals surface area contributed by atoms with Gasteiger partial charge in [-0.3, -0.25) is 24.5 Å². The Kier molecular flexibility index (Phi) is 10.9. The van der Waals surface area contributed by atoms with E-state index < -0.39 is 16.9 Å². The Bertz CT molecular complexity index is 1210.